The van der Waals surface area contributed by atoms with Gasteiger partial charge >= 0.3 is 11.4 Å². The Labute approximate surface area is 159 Å². The molecule has 3 N–H and O–H groups in total. The number of thioether (sulfide) groups is 1. The molecule has 0 saturated heterocycles. The van der Waals surface area contributed by atoms with Gasteiger partial charge in [-0.15, -0.1) is 5.10 Å². The van der Waals surface area contributed by atoms with Gasteiger partial charge in [-0.2, -0.15) is 0 Å². The summed E-state index contributed by atoms with van der Waals surface area (Å²) >= 11 is 1.04. The van der Waals surface area contributed by atoms with E-state index in [1.54, 1.807) is 0 Å². The Kier molecular flexibility index (Phi) is 6.47. The number of carbonyl (C=O) groups is 1. The number of rotatable bonds is 8. The lowest BCUT2D eigenvalue weighted by molar-refractivity contribution is 0.102. The summed E-state index contributed by atoms with van der Waals surface area (Å²) in [4.78, 5) is 49.1. The number of nitrogens with zero attached hydrogens (tertiary/aromatic N) is 4. The van der Waals surface area contributed by atoms with Crippen molar-refractivity contribution in [2.45, 2.75) is 45.4 Å². The van der Waals surface area contributed by atoms with Crippen molar-refractivity contribution >= 4 is 23.4 Å². The maximum atomic E-state index is 12.7. The zero-order chi connectivity index (χ0) is 20.3. The van der Waals surface area contributed by atoms with Crippen molar-refractivity contribution in [3.8, 4) is 0 Å². The maximum Gasteiger partial charge on any atom is 0.343 e. The third-order valence-corrected chi connectivity index (χ3v) is 4.89. The number of hydrogen-bond donors (Lipinski definition) is 2. The normalized spacial score (nSPS) is 11.3. The van der Waals surface area contributed by atoms with Crippen molar-refractivity contribution in [2.24, 2.45) is 13.0 Å². The third kappa shape index (κ3) is 4.24. The molecule has 2 aromatic heterocycles. The van der Waals surface area contributed by atoms with Crippen molar-refractivity contribution in [3.63, 3.8) is 0 Å². The Bertz CT molecular complexity index is 1010. The smallest absolute Gasteiger partial charge is 0.343 e. The highest BCUT2D eigenvalue weighted by atomic mass is 32.2. The zero-order valence-electron chi connectivity index (χ0n) is 15.8. The molecule has 0 fully saturated rings. The molecule has 0 saturated carbocycles. The van der Waals surface area contributed by atoms with Crippen molar-refractivity contribution in [1.82, 2.24) is 23.9 Å². The van der Waals surface area contributed by atoms with Crippen LogP contribution in [0.15, 0.2) is 19.5 Å². The summed E-state index contributed by atoms with van der Waals surface area (Å²) < 4.78 is 3.56. The number of Topliss-reactive ketones (excluding diaryl/α,β-unsaturated/α-hetero) is 1. The Morgan fingerprint density at radius 3 is 2.52 bits per heavy atom. The topological polar surface area (TPSA) is 138 Å². The van der Waals surface area contributed by atoms with Crippen LogP contribution in [0.25, 0.3) is 0 Å². The van der Waals surface area contributed by atoms with Gasteiger partial charge in [0.05, 0.1) is 5.75 Å². The minimum absolute atomic E-state index is 0.104. The van der Waals surface area contributed by atoms with Gasteiger partial charge in [0.15, 0.2) is 10.9 Å². The molecule has 2 heterocycles. The van der Waals surface area contributed by atoms with Crippen molar-refractivity contribution in [2.75, 3.05) is 11.5 Å². The molecule has 0 spiro atoms. The fourth-order valence-electron chi connectivity index (χ4n) is 2.62. The zero-order valence-corrected chi connectivity index (χ0v) is 16.6. The van der Waals surface area contributed by atoms with Crippen LogP contribution in [-0.4, -0.2) is 35.4 Å². The minimum Gasteiger partial charge on any atom is -0.384 e. The van der Waals surface area contributed by atoms with E-state index in [9.17, 15) is 19.2 Å². The van der Waals surface area contributed by atoms with Gasteiger partial charge in [-0.05, 0) is 12.3 Å². The second kappa shape index (κ2) is 8.42. The van der Waals surface area contributed by atoms with Gasteiger partial charge in [0.1, 0.15) is 11.4 Å². The van der Waals surface area contributed by atoms with Crippen LogP contribution in [0.2, 0.25) is 0 Å². The molecule has 11 heteroatoms. The Morgan fingerprint density at radius 2 is 1.93 bits per heavy atom. The summed E-state index contributed by atoms with van der Waals surface area (Å²) in [6, 6.07) is 0. The van der Waals surface area contributed by atoms with E-state index in [4.69, 9.17) is 5.73 Å². The summed E-state index contributed by atoms with van der Waals surface area (Å²) in [6.45, 7) is 6.48. The van der Waals surface area contributed by atoms with E-state index in [-0.39, 0.29) is 28.7 Å². The molecule has 10 nitrogen and oxygen atoms in total. The molecule has 0 atom stereocenters. The van der Waals surface area contributed by atoms with E-state index in [0.717, 1.165) is 22.7 Å². The minimum atomic E-state index is -0.726. The largest absolute Gasteiger partial charge is 0.384 e. The molecule has 0 aliphatic rings. The first-order chi connectivity index (χ1) is 12.7. The molecule has 0 aliphatic heterocycles. The second-order valence-corrected chi connectivity index (χ2v) is 7.53. The van der Waals surface area contributed by atoms with Crippen LogP contribution in [0.3, 0.4) is 0 Å². The number of nitrogens with two attached hydrogens (primary N) is 1. The van der Waals surface area contributed by atoms with E-state index in [2.05, 4.69) is 10.2 Å². The van der Waals surface area contributed by atoms with Crippen LogP contribution in [0, 0.1) is 5.92 Å². The highest BCUT2D eigenvalue weighted by Crippen LogP contribution is 2.17. The molecule has 27 heavy (non-hydrogen) atoms. The Hall–Kier alpha value is -2.56. The number of carbonyl (C=O) groups excluding carboxylic acids is 1. The van der Waals surface area contributed by atoms with Crippen LogP contribution in [0.1, 0.15) is 37.6 Å². The first kappa shape index (κ1) is 20.7. The van der Waals surface area contributed by atoms with Crippen LogP contribution >= 0.6 is 11.8 Å². The monoisotopic (exact) mass is 396 g/mol. The van der Waals surface area contributed by atoms with Gasteiger partial charge in [0.25, 0.3) is 5.56 Å². The molecule has 148 valence electrons. The van der Waals surface area contributed by atoms with E-state index >= 15 is 0 Å². The van der Waals surface area contributed by atoms with Gasteiger partial charge in [0.2, 0.25) is 0 Å². The maximum absolute atomic E-state index is 12.7. The van der Waals surface area contributed by atoms with E-state index in [0.29, 0.717) is 18.2 Å². The molecule has 0 bridgehead atoms. The van der Waals surface area contributed by atoms with Gasteiger partial charge in [-0.25, -0.2) is 14.7 Å². The number of anilines is 1. The number of H-pyrrole nitrogens is 1. The second-order valence-electron chi connectivity index (χ2n) is 6.59. The molecular formula is C16H24N6O4S. The highest BCUT2D eigenvalue weighted by Gasteiger charge is 2.22. The predicted octanol–water partition coefficient (Wildman–Crippen LogP) is 0.0550. The fourth-order valence-corrected chi connectivity index (χ4v) is 3.47. The molecule has 2 rings (SSSR count). The summed E-state index contributed by atoms with van der Waals surface area (Å²) in [5, 5.41) is 6.61. The molecule has 2 aromatic rings. The quantitative estimate of drug-likeness (QED) is 0.475. The number of nitrogen functional groups attached to an aromatic ring is 1. The summed E-state index contributed by atoms with van der Waals surface area (Å²) in [5.41, 5.74) is 4.14. The Balaban J connectivity index is 2.37. The van der Waals surface area contributed by atoms with Crippen molar-refractivity contribution in [3.05, 3.63) is 36.9 Å². The van der Waals surface area contributed by atoms with E-state index in [1.165, 1.54) is 16.2 Å². The van der Waals surface area contributed by atoms with Crippen molar-refractivity contribution in [1.29, 1.82) is 0 Å². The molecular weight excluding hydrogens is 372 g/mol. The third-order valence-electron chi connectivity index (χ3n) is 3.91. The number of ketones is 1. The first-order valence-electron chi connectivity index (χ1n) is 8.59. The fraction of sp³-hybridized carbons (Fsp3) is 0.562. The standard InChI is InChI=1S/C16H24N6O4S/c1-5-6-21-14(25)18-19-15(21)27-8-10(23)11-12(17)22(7-9(2)3)16(26)20(4)13(11)24/h9H,5-8,17H2,1-4H3,(H,18,25). The SMILES string of the molecule is CCCn1c(SCC(=O)c2c(N)n(CC(C)C)c(=O)n(C)c2=O)n[nH]c1=O. The van der Waals surface area contributed by atoms with Gasteiger partial charge < -0.3 is 5.73 Å². The van der Waals surface area contributed by atoms with Gasteiger partial charge in [-0.3, -0.25) is 23.3 Å². The molecule has 0 aromatic carbocycles. The number of aromatic amines is 1. The summed E-state index contributed by atoms with van der Waals surface area (Å²) in [5.74, 6) is -0.676. The predicted molar refractivity (Wildman–Crippen MR) is 103 cm³/mol. The number of aromatic nitrogens is 5. The lowest BCUT2D eigenvalue weighted by Crippen LogP contribution is -2.43. The Morgan fingerprint density at radius 1 is 1.26 bits per heavy atom. The van der Waals surface area contributed by atoms with E-state index < -0.39 is 17.0 Å². The summed E-state index contributed by atoms with van der Waals surface area (Å²) in [7, 11) is 1.32. The lowest BCUT2D eigenvalue weighted by Gasteiger charge is -2.16. The van der Waals surface area contributed by atoms with Crippen LogP contribution in [0.5, 0.6) is 0 Å². The molecule has 0 radical (unpaired) electrons. The number of hydrogen-bond acceptors (Lipinski definition) is 7. The van der Waals surface area contributed by atoms with Crippen molar-refractivity contribution < 1.29 is 4.79 Å². The molecule has 0 aliphatic carbocycles. The summed E-state index contributed by atoms with van der Waals surface area (Å²) in [6.07, 6.45) is 0.731. The first-order valence-corrected chi connectivity index (χ1v) is 9.58. The van der Waals surface area contributed by atoms with Crippen LogP contribution in [-0.2, 0) is 20.1 Å². The molecule has 0 unspecified atom stereocenters. The van der Waals surface area contributed by atoms with Crippen LogP contribution < -0.4 is 22.7 Å². The van der Waals surface area contributed by atoms with Gasteiger partial charge in [-0.1, -0.05) is 32.5 Å². The number of nitrogens with one attached hydrogen (secondary N) is 1. The van der Waals surface area contributed by atoms with Gasteiger partial charge in [0, 0.05) is 20.1 Å². The lowest BCUT2D eigenvalue weighted by atomic mass is 10.2. The highest BCUT2D eigenvalue weighted by molar-refractivity contribution is 7.99. The average Bonchev–Trinajstić information content (AvgIpc) is 2.95. The van der Waals surface area contributed by atoms with Crippen LogP contribution in [0.4, 0.5) is 5.82 Å². The van der Waals surface area contributed by atoms with E-state index in [1.807, 2.05) is 20.8 Å². The average molecular weight is 396 g/mol. The molecule has 0 amide bonds.